The van der Waals surface area contributed by atoms with Gasteiger partial charge in [0.1, 0.15) is 22.4 Å². The molecular formula is C21H16F2N4O2S. The van der Waals surface area contributed by atoms with Crippen molar-refractivity contribution in [2.24, 2.45) is 0 Å². The monoisotopic (exact) mass is 426 g/mol. The Bertz CT molecular complexity index is 1210. The predicted octanol–water partition coefficient (Wildman–Crippen LogP) is 4.41. The van der Waals surface area contributed by atoms with Gasteiger partial charge in [-0.25, -0.2) is 18.3 Å². The van der Waals surface area contributed by atoms with Gasteiger partial charge in [0.25, 0.3) is 0 Å². The smallest absolute Gasteiger partial charge is 0.234 e. The maximum Gasteiger partial charge on any atom is 0.234 e. The van der Waals surface area contributed by atoms with Gasteiger partial charge in [-0.15, -0.1) is 0 Å². The van der Waals surface area contributed by atoms with E-state index < -0.39 is 17.5 Å². The first-order chi connectivity index (χ1) is 14.5. The molecule has 152 valence electrons. The number of thioether (sulfide) groups is 1. The summed E-state index contributed by atoms with van der Waals surface area (Å²) in [5, 5.41) is 7.52. The molecular weight excluding hydrogens is 410 g/mol. The summed E-state index contributed by atoms with van der Waals surface area (Å²) in [4.78, 5) is 16.5. The fourth-order valence-corrected chi connectivity index (χ4v) is 3.60. The summed E-state index contributed by atoms with van der Waals surface area (Å²) in [6, 6.07) is 12.3. The first kappa shape index (κ1) is 19.8. The summed E-state index contributed by atoms with van der Waals surface area (Å²) < 4.78 is 33.8. The van der Waals surface area contributed by atoms with E-state index in [4.69, 9.17) is 4.74 Å². The Morgan fingerprint density at radius 2 is 1.97 bits per heavy atom. The molecule has 0 aliphatic carbocycles. The number of hydrogen-bond acceptors (Lipinski definition) is 5. The van der Waals surface area contributed by atoms with Gasteiger partial charge in [0, 0.05) is 24.0 Å². The molecule has 0 aliphatic rings. The van der Waals surface area contributed by atoms with Crippen molar-refractivity contribution in [3.05, 3.63) is 72.6 Å². The maximum absolute atomic E-state index is 13.7. The first-order valence-corrected chi connectivity index (χ1v) is 9.88. The lowest BCUT2D eigenvalue weighted by atomic mass is 10.1. The van der Waals surface area contributed by atoms with Gasteiger partial charge in [-0.3, -0.25) is 4.79 Å². The summed E-state index contributed by atoms with van der Waals surface area (Å²) in [5.74, 6) is -1.07. The molecule has 4 aromatic rings. The highest BCUT2D eigenvalue weighted by Gasteiger charge is 2.13. The Morgan fingerprint density at radius 3 is 2.73 bits per heavy atom. The Morgan fingerprint density at radius 1 is 1.17 bits per heavy atom. The third-order valence-electron chi connectivity index (χ3n) is 4.28. The van der Waals surface area contributed by atoms with Crippen molar-refractivity contribution in [3.8, 4) is 17.0 Å². The molecule has 9 heteroatoms. The zero-order chi connectivity index (χ0) is 21.1. The van der Waals surface area contributed by atoms with Crippen molar-refractivity contribution in [2.45, 2.75) is 5.03 Å². The Hall–Kier alpha value is -3.46. The summed E-state index contributed by atoms with van der Waals surface area (Å²) in [7, 11) is 1.61. The topological polar surface area (TPSA) is 68.5 Å². The van der Waals surface area contributed by atoms with E-state index in [0.717, 1.165) is 40.7 Å². The van der Waals surface area contributed by atoms with Crippen molar-refractivity contribution in [1.29, 1.82) is 0 Å². The second kappa shape index (κ2) is 8.50. The minimum atomic E-state index is -0.699. The van der Waals surface area contributed by atoms with E-state index in [1.165, 1.54) is 11.8 Å². The molecule has 0 spiro atoms. The highest BCUT2D eigenvalue weighted by molar-refractivity contribution is 8.00. The van der Waals surface area contributed by atoms with Gasteiger partial charge in [0.05, 0.1) is 29.8 Å². The molecule has 0 unspecified atom stereocenters. The van der Waals surface area contributed by atoms with E-state index >= 15 is 0 Å². The molecule has 2 heterocycles. The molecule has 1 amide bonds. The third-order valence-corrected chi connectivity index (χ3v) is 5.28. The molecule has 0 fully saturated rings. The van der Waals surface area contributed by atoms with Crippen LogP contribution in [0.3, 0.4) is 0 Å². The zero-order valence-corrected chi connectivity index (χ0v) is 16.6. The lowest BCUT2D eigenvalue weighted by molar-refractivity contribution is -0.113. The fraction of sp³-hybridized carbons (Fsp3) is 0.0952. The number of aromatic nitrogens is 3. The second-order valence-electron chi connectivity index (χ2n) is 6.28. The molecule has 0 aliphatic heterocycles. The normalized spacial score (nSPS) is 10.9. The van der Waals surface area contributed by atoms with E-state index in [1.54, 1.807) is 24.0 Å². The van der Waals surface area contributed by atoms with E-state index in [9.17, 15) is 13.6 Å². The Balaban J connectivity index is 1.50. The van der Waals surface area contributed by atoms with Gasteiger partial charge >= 0.3 is 0 Å². The predicted molar refractivity (Wildman–Crippen MR) is 111 cm³/mol. The van der Waals surface area contributed by atoms with E-state index in [2.05, 4.69) is 15.4 Å². The number of anilines is 1. The zero-order valence-electron chi connectivity index (χ0n) is 15.8. The maximum atomic E-state index is 13.7. The molecule has 0 saturated heterocycles. The van der Waals surface area contributed by atoms with Crippen LogP contribution in [-0.2, 0) is 4.79 Å². The van der Waals surface area contributed by atoms with Crippen molar-refractivity contribution >= 4 is 28.9 Å². The van der Waals surface area contributed by atoms with Crippen LogP contribution in [0.4, 0.5) is 14.5 Å². The van der Waals surface area contributed by atoms with Crippen molar-refractivity contribution < 1.29 is 18.3 Å². The fourth-order valence-electron chi connectivity index (χ4n) is 2.83. The first-order valence-electron chi connectivity index (χ1n) is 8.90. The molecule has 0 saturated carbocycles. The lowest BCUT2D eigenvalue weighted by Gasteiger charge is -2.06. The van der Waals surface area contributed by atoms with E-state index in [0.29, 0.717) is 5.03 Å². The second-order valence-corrected chi connectivity index (χ2v) is 7.25. The largest absolute Gasteiger partial charge is 0.497 e. The number of benzene rings is 2. The SMILES string of the molecule is COc1ccc(-c2cc3c(SCC(=O)Nc4cc(F)ccc4F)nccn3n2)cc1. The third kappa shape index (κ3) is 4.25. The van der Waals surface area contributed by atoms with Gasteiger partial charge < -0.3 is 10.1 Å². The number of methoxy groups -OCH3 is 1. The summed E-state index contributed by atoms with van der Waals surface area (Å²) in [6.45, 7) is 0. The number of amides is 1. The van der Waals surface area contributed by atoms with Gasteiger partial charge in [-0.1, -0.05) is 11.8 Å². The van der Waals surface area contributed by atoms with Crippen LogP contribution in [0, 0.1) is 11.6 Å². The quantitative estimate of drug-likeness (QED) is 0.463. The molecule has 1 N–H and O–H groups in total. The molecule has 0 atom stereocenters. The molecule has 30 heavy (non-hydrogen) atoms. The number of fused-ring (bicyclic) bond motifs is 1. The summed E-state index contributed by atoms with van der Waals surface area (Å²) in [6.07, 6.45) is 3.30. The standard InChI is InChI=1S/C21H16F2N4O2S/c1-29-15-5-2-13(3-6-15)17-11-19-21(24-8-9-27(19)26-17)30-12-20(28)25-18-10-14(22)4-7-16(18)23/h2-11H,12H2,1H3,(H,25,28). The van der Waals surface area contributed by atoms with Crippen LogP contribution in [0.5, 0.6) is 5.75 Å². The molecule has 2 aromatic carbocycles. The average Bonchev–Trinajstić information content (AvgIpc) is 3.20. The molecule has 2 aromatic heterocycles. The molecule has 0 radical (unpaired) electrons. The van der Waals surface area contributed by atoms with E-state index in [1.807, 2.05) is 30.3 Å². The average molecular weight is 426 g/mol. The Kier molecular flexibility index (Phi) is 5.62. The Labute approximate surface area is 174 Å². The van der Waals surface area contributed by atoms with Gasteiger partial charge in [-0.2, -0.15) is 5.10 Å². The van der Waals surface area contributed by atoms with Crippen LogP contribution in [0.25, 0.3) is 16.8 Å². The van der Waals surface area contributed by atoms with Crippen LogP contribution < -0.4 is 10.1 Å². The van der Waals surface area contributed by atoms with Gasteiger partial charge in [0.2, 0.25) is 5.91 Å². The number of nitrogens with one attached hydrogen (secondary N) is 1. The minimum absolute atomic E-state index is 0.0221. The van der Waals surface area contributed by atoms with Crippen molar-refractivity contribution in [2.75, 3.05) is 18.2 Å². The number of halogens is 2. The summed E-state index contributed by atoms with van der Waals surface area (Å²) in [5.41, 5.74) is 2.20. The number of rotatable bonds is 6. The van der Waals surface area contributed by atoms with E-state index in [-0.39, 0.29) is 11.4 Å². The van der Waals surface area contributed by atoms with Gasteiger partial charge in [0.15, 0.2) is 0 Å². The minimum Gasteiger partial charge on any atom is -0.497 e. The van der Waals surface area contributed by atoms with Crippen LogP contribution in [0.2, 0.25) is 0 Å². The number of ether oxygens (including phenoxy) is 1. The van der Waals surface area contributed by atoms with Crippen LogP contribution >= 0.6 is 11.8 Å². The number of carbonyl (C=O) groups excluding carboxylic acids is 1. The van der Waals surface area contributed by atoms with Crippen LogP contribution in [0.1, 0.15) is 0 Å². The number of carbonyl (C=O) groups is 1. The highest BCUT2D eigenvalue weighted by Crippen LogP contribution is 2.27. The van der Waals surface area contributed by atoms with Crippen molar-refractivity contribution in [3.63, 3.8) is 0 Å². The summed E-state index contributed by atoms with van der Waals surface area (Å²) >= 11 is 1.18. The number of nitrogens with zero attached hydrogens (tertiary/aromatic N) is 3. The number of hydrogen-bond donors (Lipinski definition) is 1. The highest BCUT2D eigenvalue weighted by atomic mass is 32.2. The molecule has 6 nitrogen and oxygen atoms in total. The molecule has 4 rings (SSSR count). The van der Waals surface area contributed by atoms with Crippen molar-refractivity contribution in [1.82, 2.24) is 14.6 Å². The molecule has 0 bridgehead atoms. The lowest BCUT2D eigenvalue weighted by Crippen LogP contribution is -2.15. The van der Waals surface area contributed by atoms with Crippen LogP contribution in [0.15, 0.2) is 66.0 Å². The van der Waals surface area contributed by atoms with Gasteiger partial charge in [-0.05, 0) is 42.5 Å². The van der Waals surface area contributed by atoms with Crippen LogP contribution in [-0.4, -0.2) is 33.4 Å².